The number of amides is 1. The van der Waals surface area contributed by atoms with Gasteiger partial charge in [-0.3, -0.25) is 4.79 Å². The molecule has 1 heterocycles. The first-order chi connectivity index (χ1) is 8.79. The van der Waals surface area contributed by atoms with E-state index in [4.69, 9.17) is 9.84 Å². The predicted molar refractivity (Wildman–Crippen MR) is 70.0 cm³/mol. The van der Waals surface area contributed by atoms with Crippen molar-refractivity contribution >= 4 is 11.9 Å². The van der Waals surface area contributed by atoms with Crippen molar-refractivity contribution in [3.8, 4) is 0 Å². The molecule has 19 heavy (non-hydrogen) atoms. The van der Waals surface area contributed by atoms with Crippen molar-refractivity contribution in [3.63, 3.8) is 0 Å². The molecule has 3 N–H and O–H groups in total. The molecule has 1 amide bonds. The molecule has 0 radical (unpaired) electrons. The molecular weight excluding hydrogens is 248 g/mol. The molecule has 0 saturated carbocycles. The van der Waals surface area contributed by atoms with Crippen LogP contribution in [-0.2, 0) is 9.53 Å². The Balaban J connectivity index is 2.49. The van der Waals surface area contributed by atoms with Crippen molar-refractivity contribution in [1.29, 1.82) is 0 Å². The van der Waals surface area contributed by atoms with Gasteiger partial charge in [-0.1, -0.05) is 0 Å². The van der Waals surface area contributed by atoms with Gasteiger partial charge in [0.1, 0.15) is 11.7 Å². The van der Waals surface area contributed by atoms with Gasteiger partial charge in [0.05, 0.1) is 5.60 Å². The van der Waals surface area contributed by atoms with Gasteiger partial charge in [0, 0.05) is 19.2 Å². The van der Waals surface area contributed by atoms with Crippen LogP contribution in [0.3, 0.4) is 0 Å². The second-order valence-corrected chi connectivity index (χ2v) is 5.20. The normalized spacial score (nSPS) is 13.0. The zero-order valence-corrected chi connectivity index (χ0v) is 11.4. The second kappa shape index (κ2) is 6.38. The summed E-state index contributed by atoms with van der Waals surface area (Å²) in [5, 5.41) is 11.5. The number of aromatic amines is 1. The number of carbonyl (C=O) groups is 2. The van der Waals surface area contributed by atoms with Gasteiger partial charge in [0.15, 0.2) is 0 Å². The molecule has 0 aliphatic carbocycles. The maximum Gasteiger partial charge on any atom is 0.326 e. The average Bonchev–Trinajstić information content (AvgIpc) is 2.78. The maximum atomic E-state index is 11.7. The van der Waals surface area contributed by atoms with Crippen molar-refractivity contribution in [2.75, 3.05) is 6.61 Å². The molecule has 0 aromatic carbocycles. The lowest BCUT2D eigenvalue weighted by Crippen LogP contribution is -2.42. The molecule has 6 heteroatoms. The molecule has 1 unspecified atom stereocenters. The van der Waals surface area contributed by atoms with E-state index in [1.165, 1.54) is 0 Å². The Kier molecular flexibility index (Phi) is 5.11. The summed E-state index contributed by atoms with van der Waals surface area (Å²) in [6.07, 6.45) is 1.83. The highest BCUT2D eigenvalue weighted by atomic mass is 16.5. The first-order valence-electron chi connectivity index (χ1n) is 6.10. The third-order valence-corrected chi connectivity index (χ3v) is 2.39. The van der Waals surface area contributed by atoms with Gasteiger partial charge in [-0.25, -0.2) is 4.79 Å². The highest BCUT2D eigenvalue weighted by molar-refractivity contribution is 5.94. The number of hydrogen-bond acceptors (Lipinski definition) is 3. The van der Waals surface area contributed by atoms with Crippen molar-refractivity contribution < 1.29 is 19.4 Å². The molecule has 106 valence electrons. The number of aromatic nitrogens is 1. The Hall–Kier alpha value is -1.82. The molecule has 0 aliphatic rings. The lowest BCUT2D eigenvalue weighted by Gasteiger charge is -2.21. The first kappa shape index (κ1) is 15.2. The molecule has 0 fully saturated rings. The van der Waals surface area contributed by atoms with Crippen molar-refractivity contribution in [2.45, 2.75) is 38.8 Å². The minimum Gasteiger partial charge on any atom is -0.480 e. The molecule has 0 bridgehead atoms. The summed E-state index contributed by atoms with van der Waals surface area (Å²) >= 11 is 0. The summed E-state index contributed by atoms with van der Waals surface area (Å²) < 4.78 is 5.46. The van der Waals surface area contributed by atoms with Crippen LogP contribution < -0.4 is 5.32 Å². The molecule has 1 aromatic rings. The van der Waals surface area contributed by atoms with Crippen LogP contribution in [0, 0.1) is 0 Å². The topological polar surface area (TPSA) is 91.4 Å². The average molecular weight is 268 g/mol. The monoisotopic (exact) mass is 268 g/mol. The highest BCUT2D eigenvalue weighted by Crippen LogP contribution is 2.08. The van der Waals surface area contributed by atoms with E-state index < -0.39 is 17.9 Å². The number of nitrogens with one attached hydrogen (secondary N) is 2. The smallest absolute Gasteiger partial charge is 0.326 e. The number of ether oxygens (including phenoxy) is 1. The number of hydrogen-bond donors (Lipinski definition) is 3. The van der Waals surface area contributed by atoms with E-state index >= 15 is 0 Å². The van der Waals surface area contributed by atoms with Crippen molar-refractivity contribution in [2.24, 2.45) is 0 Å². The van der Waals surface area contributed by atoms with Crippen LogP contribution in [0.5, 0.6) is 0 Å². The summed E-state index contributed by atoms with van der Waals surface area (Å²) in [5.74, 6) is -1.51. The number of carboxylic acids is 1. The highest BCUT2D eigenvalue weighted by Gasteiger charge is 2.22. The van der Waals surface area contributed by atoms with E-state index in [-0.39, 0.29) is 18.6 Å². The first-order valence-corrected chi connectivity index (χ1v) is 6.10. The molecule has 1 rings (SSSR count). The number of carbonyl (C=O) groups excluding carboxylic acids is 1. The second-order valence-electron chi connectivity index (χ2n) is 5.20. The van der Waals surface area contributed by atoms with Crippen LogP contribution in [0.15, 0.2) is 18.3 Å². The fourth-order valence-corrected chi connectivity index (χ4v) is 1.45. The Morgan fingerprint density at radius 2 is 2.16 bits per heavy atom. The van der Waals surface area contributed by atoms with Crippen LogP contribution >= 0.6 is 0 Å². The van der Waals surface area contributed by atoms with Gasteiger partial charge in [0.25, 0.3) is 5.91 Å². The summed E-state index contributed by atoms with van der Waals surface area (Å²) in [6.45, 7) is 5.94. The zero-order valence-electron chi connectivity index (χ0n) is 11.4. The summed E-state index contributed by atoms with van der Waals surface area (Å²) in [7, 11) is 0. The Bertz CT molecular complexity index is 420. The SMILES string of the molecule is CC(C)(C)OCCC(NC(=O)c1ccc[nH]1)C(=O)O. The van der Waals surface area contributed by atoms with E-state index in [0.29, 0.717) is 5.69 Å². The molecule has 0 aliphatic heterocycles. The molecule has 0 saturated heterocycles. The third-order valence-electron chi connectivity index (χ3n) is 2.39. The summed E-state index contributed by atoms with van der Waals surface area (Å²) in [6, 6.07) is 2.30. The van der Waals surface area contributed by atoms with Gasteiger partial charge in [-0.2, -0.15) is 0 Å². The number of carboxylic acid groups (broad SMARTS) is 1. The number of H-pyrrole nitrogens is 1. The summed E-state index contributed by atoms with van der Waals surface area (Å²) in [4.78, 5) is 25.5. The van der Waals surface area contributed by atoms with E-state index in [2.05, 4.69) is 10.3 Å². The van der Waals surface area contributed by atoms with Gasteiger partial charge < -0.3 is 20.1 Å². The van der Waals surface area contributed by atoms with Crippen LogP contribution in [0.1, 0.15) is 37.7 Å². The van der Waals surface area contributed by atoms with Crippen LogP contribution in [0.25, 0.3) is 0 Å². The Morgan fingerprint density at radius 3 is 2.63 bits per heavy atom. The third kappa shape index (κ3) is 5.56. The van der Waals surface area contributed by atoms with Gasteiger partial charge in [0.2, 0.25) is 0 Å². The van der Waals surface area contributed by atoms with Gasteiger partial charge in [-0.15, -0.1) is 0 Å². The van der Waals surface area contributed by atoms with Crippen molar-refractivity contribution in [1.82, 2.24) is 10.3 Å². The predicted octanol–water partition coefficient (Wildman–Crippen LogP) is 1.40. The maximum absolute atomic E-state index is 11.7. The van der Waals surface area contributed by atoms with Gasteiger partial charge in [-0.05, 0) is 32.9 Å². The molecule has 6 nitrogen and oxygen atoms in total. The number of aliphatic carboxylic acids is 1. The van der Waals surface area contributed by atoms with Gasteiger partial charge >= 0.3 is 5.97 Å². The van der Waals surface area contributed by atoms with Crippen molar-refractivity contribution in [3.05, 3.63) is 24.0 Å². The standard InChI is InChI=1S/C13H20N2O4/c1-13(2,3)19-8-6-10(12(17)18)15-11(16)9-5-4-7-14-9/h4-5,7,10,14H,6,8H2,1-3H3,(H,15,16)(H,17,18). The van der Waals surface area contributed by atoms with E-state index in [1.54, 1.807) is 18.3 Å². The fourth-order valence-electron chi connectivity index (χ4n) is 1.45. The van der Waals surface area contributed by atoms with E-state index in [0.717, 1.165) is 0 Å². The zero-order chi connectivity index (χ0) is 14.5. The quantitative estimate of drug-likeness (QED) is 0.727. The van der Waals surface area contributed by atoms with Crippen LogP contribution in [-0.4, -0.2) is 40.2 Å². The number of rotatable bonds is 6. The molecule has 1 atom stereocenters. The van der Waals surface area contributed by atoms with E-state index in [1.807, 2.05) is 20.8 Å². The molecule has 1 aromatic heterocycles. The largest absolute Gasteiger partial charge is 0.480 e. The Morgan fingerprint density at radius 1 is 1.47 bits per heavy atom. The minimum absolute atomic E-state index is 0.221. The minimum atomic E-state index is -1.07. The summed E-state index contributed by atoms with van der Waals surface area (Å²) in [5.41, 5.74) is 0.00923. The molecular formula is C13H20N2O4. The molecule has 0 spiro atoms. The van der Waals surface area contributed by atoms with Crippen LogP contribution in [0.4, 0.5) is 0 Å². The van der Waals surface area contributed by atoms with Crippen LogP contribution in [0.2, 0.25) is 0 Å². The fraction of sp³-hybridized carbons (Fsp3) is 0.538. The lowest BCUT2D eigenvalue weighted by molar-refractivity contribution is -0.140. The lowest BCUT2D eigenvalue weighted by atomic mass is 10.1. The Labute approximate surface area is 112 Å². The van der Waals surface area contributed by atoms with E-state index in [9.17, 15) is 9.59 Å².